The molecule has 0 bridgehead atoms. The van der Waals surface area contributed by atoms with Crippen LogP contribution in [0.25, 0.3) is 0 Å². The van der Waals surface area contributed by atoms with Gasteiger partial charge in [0.05, 0.1) is 12.2 Å². The molecule has 1 aromatic heterocycles. The third-order valence-electron chi connectivity index (χ3n) is 4.82. The number of thiazole rings is 1. The first-order valence-electron chi connectivity index (χ1n) is 8.20. The SMILES string of the molecule is CN(C)Cc1csc(CNC(=O)NC2CC23CCCCC3)n1. The molecule has 1 aromatic rings. The summed E-state index contributed by atoms with van der Waals surface area (Å²) in [5.41, 5.74) is 1.51. The van der Waals surface area contributed by atoms with Crippen molar-refractivity contribution in [3.05, 3.63) is 16.1 Å². The Balaban J connectivity index is 1.40. The van der Waals surface area contributed by atoms with Crippen molar-refractivity contribution in [2.75, 3.05) is 14.1 Å². The van der Waals surface area contributed by atoms with E-state index < -0.39 is 0 Å². The number of carbonyl (C=O) groups excluding carboxylic acids is 1. The highest BCUT2D eigenvalue weighted by molar-refractivity contribution is 7.09. The molecule has 1 atom stereocenters. The molecular weight excluding hydrogens is 296 g/mol. The number of nitrogens with zero attached hydrogens (tertiary/aromatic N) is 2. The fraction of sp³-hybridized carbons (Fsp3) is 0.750. The summed E-state index contributed by atoms with van der Waals surface area (Å²) in [6.45, 7) is 1.36. The monoisotopic (exact) mass is 322 g/mol. The van der Waals surface area contributed by atoms with E-state index in [0.29, 0.717) is 18.0 Å². The van der Waals surface area contributed by atoms with E-state index >= 15 is 0 Å². The average Bonchev–Trinajstić information content (AvgIpc) is 2.93. The minimum Gasteiger partial charge on any atom is -0.335 e. The van der Waals surface area contributed by atoms with Gasteiger partial charge in [0.2, 0.25) is 0 Å². The molecule has 2 N–H and O–H groups in total. The Morgan fingerprint density at radius 1 is 1.41 bits per heavy atom. The van der Waals surface area contributed by atoms with Crippen LogP contribution in [0.5, 0.6) is 0 Å². The van der Waals surface area contributed by atoms with E-state index in [4.69, 9.17) is 0 Å². The number of amides is 2. The lowest BCUT2D eigenvalue weighted by molar-refractivity contribution is 0.235. The summed E-state index contributed by atoms with van der Waals surface area (Å²) in [4.78, 5) is 18.7. The molecule has 2 saturated carbocycles. The molecular formula is C16H26N4OS. The van der Waals surface area contributed by atoms with Gasteiger partial charge in [0, 0.05) is 18.0 Å². The predicted octanol–water partition coefficient (Wildman–Crippen LogP) is 2.73. The van der Waals surface area contributed by atoms with E-state index in [-0.39, 0.29) is 6.03 Å². The van der Waals surface area contributed by atoms with E-state index in [2.05, 4.69) is 25.9 Å². The van der Waals surface area contributed by atoms with Crippen LogP contribution in [-0.4, -0.2) is 36.1 Å². The van der Waals surface area contributed by atoms with Crippen LogP contribution in [0.15, 0.2) is 5.38 Å². The highest BCUT2D eigenvalue weighted by Gasteiger charge is 2.54. The van der Waals surface area contributed by atoms with E-state index in [1.807, 2.05) is 14.1 Å². The van der Waals surface area contributed by atoms with Gasteiger partial charge in [-0.25, -0.2) is 9.78 Å². The van der Waals surface area contributed by atoms with Gasteiger partial charge in [-0.1, -0.05) is 19.3 Å². The molecule has 2 aliphatic rings. The second-order valence-electron chi connectivity index (χ2n) is 6.98. The molecule has 2 fully saturated rings. The van der Waals surface area contributed by atoms with Crippen molar-refractivity contribution in [2.24, 2.45) is 5.41 Å². The molecule has 22 heavy (non-hydrogen) atoms. The van der Waals surface area contributed by atoms with Crippen LogP contribution >= 0.6 is 11.3 Å². The quantitative estimate of drug-likeness (QED) is 0.876. The van der Waals surface area contributed by atoms with Crippen molar-refractivity contribution in [1.29, 1.82) is 0 Å². The Labute approximate surface area is 136 Å². The van der Waals surface area contributed by atoms with Gasteiger partial charge in [-0.05, 0) is 38.8 Å². The van der Waals surface area contributed by atoms with Crippen molar-refractivity contribution in [2.45, 2.75) is 57.7 Å². The molecule has 1 heterocycles. The van der Waals surface area contributed by atoms with Gasteiger partial charge in [-0.2, -0.15) is 0 Å². The number of carbonyl (C=O) groups is 1. The van der Waals surface area contributed by atoms with Crippen LogP contribution in [0.2, 0.25) is 0 Å². The van der Waals surface area contributed by atoms with Crippen LogP contribution in [0.4, 0.5) is 4.79 Å². The molecule has 1 unspecified atom stereocenters. The molecule has 3 rings (SSSR count). The van der Waals surface area contributed by atoms with Crippen molar-refractivity contribution < 1.29 is 4.79 Å². The van der Waals surface area contributed by atoms with Gasteiger partial charge in [0.1, 0.15) is 5.01 Å². The van der Waals surface area contributed by atoms with E-state index in [1.165, 1.54) is 38.5 Å². The molecule has 6 heteroatoms. The molecule has 0 saturated heterocycles. The summed E-state index contributed by atoms with van der Waals surface area (Å²) < 4.78 is 0. The Morgan fingerprint density at radius 2 is 2.18 bits per heavy atom. The van der Waals surface area contributed by atoms with Crippen LogP contribution in [0, 0.1) is 5.41 Å². The second kappa shape index (κ2) is 6.54. The number of aromatic nitrogens is 1. The van der Waals surface area contributed by atoms with Gasteiger partial charge in [-0.3, -0.25) is 0 Å². The third-order valence-corrected chi connectivity index (χ3v) is 5.72. The minimum absolute atomic E-state index is 0.0446. The first kappa shape index (κ1) is 15.7. The maximum absolute atomic E-state index is 12.0. The summed E-state index contributed by atoms with van der Waals surface area (Å²) in [5, 5.41) is 9.12. The van der Waals surface area contributed by atoms with Gasteiger partial charge >= 0.3 is 6.03 Å². The molecule has 1 spiro atoms. The number of urea groups is 1. The second-order valence-corrected chi connectivity index (χ2v) is 7.92. The molecule has 2 amide bonds. The largest absolute Gasteiger partial charge is 0.335 e. The summed E-state index contributed by atoms with van der Waals surface area (Å²) in [6, 6.07) is 0.352. The minimum atomic E-state index is -0.0446. The van der Waals surface area contributed by atoms with Gasteiger partial charge < -0.3 is 15.5 Å². The normalized spacial score (nSPS) is 22.8. The van der Waals surface area contributed by atoms with Crippen LogP contribution in [0.1, 0.15) is 49.2 Å². The summed E-state index contributed by atoms with van der Waals surface area (Å²) >= 11 is 1.61. The fourth-order valence-electron chi connectivity index (χ4n) is 3.55. The van der Waals surface area contributed by atoms with Crippen molar-refractivity contribution in [3.63, 3.8) is 0 Å². The van der Waals surface area contributed by atoms with Crippen LogP contribution < -0.4 is 10.6 Å². The van der Waals surface area contributed by atoms with Crippen LogP contribution in [-0.2, 0) is 13.1 Å². The first-order valence-corrected chi connectivity index (χ1v) is 9.08. The summed E-state index contributed by atoms with van der Waals surface area (Å²) in [6.07, 6.45) is 7.77. The topological polar surface area (TPSA) is 57.3 Å². The van der Waals surface area contributed by atoms with Gasteiger partial charge in [-0.15, -0.1) is 11.3 Å². The first-order chi connectivity index (χ1) is 10.6. The molecule has 0 aromatic carbocycles. The van der Waals surface area contributed by atoms with Crippen molar-refractivity contribution in [1.82, 2.24) is 20.5 Å². The fourth-order valence-corrected chi connectivity index (χ4v) is 4.28. The summed E-state index contributed by atoms with van der Waals surface area (Å²) in [5.74, 6) is 0. The Kier molecular flexibility index (Phi) is 4.68. The van der Waals surface area contributed by atoms with Crippen molar-refractivity contribution >= 4 is 17.4 Å². The Bertz CT molecular complexity index is 522. The zero-order chi connectivity index (χ0) is 15.6. The maximum atomic E-state index is 12.0. The third kappa shape index (κ3) is 3.79. The Morgan fingerprint density at radius 3 is 2.91 bits per heavy atom. The van der Waals surface area contributed by atoms with Crippen molar-refractivity contribution in [3.8, 4) is 0 Å². The summed E-state index contributed by atoms with van der Waals surface area (Å²) in [7, 11) is 4.06. The average molecular weight is 322 g/mol. The van der Waals surface area contributed by atoms with E-state index in [1.54, 1.807) is 11.3 Å². The lowest BCUT2D eigenvalue weighted by Crippen LogP contribution is -2.38. The highest BCUT2D eigenvalue weighted by atomic mass is 32.1. The molecule has 5 nitrogen and oxygen atoms in total. The van der Waals surface area contributed by atoms with Gasteiger partial charge in [0.15, 0.2) is 0 Å². The van der Waals surface area contributed by atoms with E-state index in [9.17, 15) is 4.79 Å². The number of hydrogen-bond acceptors (Lipinski definition) is 4. The number of nitrogens with one attached hydrogen (secondary N) is 2. The molecule has 0 radical (unpaired) electrons. The zero-order valence-electron chi connectivity index (χ0n) is 13.5. The maximum Gasteiger partial charge on any atom is 0.315 e. The zero-order valence-corrected chi connectivity index (χ0v) is 14.3. The molecule has 122 valence electrons. The van der Waals surface area contributed by atoms with Gasteiger partial charge in [0.25, 0.3) is 0 Å². The lowest BCUT2D eigenvalue weighted by Gasteiger charge is -2.22. The number of rotatable bonds is 5. The Hall–Kier alpha value is -1.14. The smallest absolute Gasteiger partial charge is 0.315 e. The molecule has 2 aliphatic carbocycles. The molecule has 0 aliphatic heterocycles. The van der Waals surface area contributed by atoms with Crippen LogP contribution in [0.3, 0.4) is 0 Å². The standard InChI is InChI=1S/C16H26N4OS/c1-20(2)10-12-11-22-14(18-12)9-17-15(21)19-13-8-16(13)6-4-3-5-7-16/h11,13H,3-10H2,1-2H3,(H2,17,19,21). The lowest BCUT2D eigenvalue weighted by atomic mass is 9.86. The predicted molar refractivity (Wildman–Crippen MR) is 88.8 cm³/mol. The number of hydrogen-bond donors (Lipinski definition) is 2. The highest BCUT2D eigenvalue weighted by Crippen LogP contribution is 2.56. The van der Waals surface area contributed by atoms with E-state index in [0.717, 1.165) is 17.2 Å².